The third kappa shape index (κ3) is 5.66. The Morgan fingerprint density at radius 2 is 1.76 bits per heavy atom. The molecule has 0 bridgehead atoms. The molecule has 1 aliphatic heterocycles. The van der Waals surface area contributed by atoms with E-state index in [2.05, 4.69) is 4.90 Å². The number of carbonyl (C=O) groups is 2. The average molecular weight is 364 g/mol. The predicted octanol–water partition coefficient (Wildman–Crippen LogP) is 3.83. The summed E-state index contributed by atoms with van der Waals surface area (Å²) < 4.78 is 5.39. The highest BCUT2D eigenvalue weighted by molar-refractivity contribution is 7.99. The van der Waals surface area contributed by atoms with Gasteiger partial charge >= 0.3 is 0 Å². The van der Waals surface area contributed by atoms with Gasteiger partial charge in [-0.1, -0.05) is 19.1 Å². The third-order valence-electron chi connectivity index (χ3n) is 4.65. The Kier molecular flexibility index (Phi) is 7.66. The third-order valence-corrected chi connectivity index (χ3v) is 5.67. The number of ether oxygens (including phenoxy) is 1. The first-order valence-corrected chi connectivity index (χ1v) is 10.1. The second-order valence-electron chi connectivity index (χ2n) is 6.90. The minimum absolute atomic E-state index is 0.143. The molecule has 1 fully saturated rings. The Hall–Kier alpha value is -1.17. The quantitative estimate of drug-likeness (QED) is 0.493. The van der Waals surface area contributed by atoms with E-state index in [1.54, 1.807) is 11.8 Å². The van der Waals surface area contributed by atoms with Gasteiger partial charge in [0.25, 0.3) is 0 Å². The number of Topliss-reactive ketones (excluding diaryl/α,β-unsaturated/α-hetero) is 2. The number of nitrogens with zero attached hydrogens (tertiary/aromatic N) is 1. The molecular formula is C20H29NO3S. The minimum atomic E-state index is -0.523. The summed E-state index contributed by atoms with van der Waals surface area (Å²) in [4.78, 5) is 27.8. The van der Waals surface area contributed by atoms with Gasteiger partial charge in [0.2, 0.25) is 0 Å². The zero-order valence-corrected chi connectivity index (χ0v) is 16.4. The summed E-state index contributed by atoms with van der Waals surface area (Å²) in [6.45, 7) is 8.95. The van der Waals surface area contributed by atoms with Gasteiger partial charge in [-0.25, -0.2) is 0 Å². The SMILES string of the molecule is CCCC(=O)CCSc1ccc(C(=O)C(C)(C)N2CCOCC2)cc1. The molecule has 0 unspecified atom stereocenters. The standard InChI is InChI=1S/C20H29NO3S/c1-4-5-17(22)10-15-25-18-8-6-16(7-9-18)19(23)20(2,3)21-11-13-24-14-12-21/h6-9H,4-5,10-15H2,1-3H3. The molecule has 0 radical (unpaired) electrons. The maximum absolute atomic E-state index is 12.9. The van der Waals surface area contributed by atoms with E-state index in [1.165, 1.54) is 0 Å². The molecule has 0 spiro atoms. The van der Waals surface area contributed by atoms with E-state index in [4.69, 9.17) is 4.74 Å². The van der Waals surface area contributed by atoms with Crippen molar-refractivity contribution in [2.24, 2.45) is 0 Å². The Morgan fingerprint density at radius 3 is 2.36 bits per heavy atom. The number of thioether (sulfide) groups is 1. The summed E-state index contributed by atoms with van der Waals surface area (Å²) in [5.74, 6) is 1.27. The van der Waals surface area contributed by atoms with Crippen molar-refractivity contribution in [3.63, 3.8) is 0 Å². The first kappa shape index (κ1) is 20.1. The van der Waals surface area contributed by atoms with Crippen molar-refractivity contribution in [1.82, 2.24) is 4.90 Å². The number of rotatable bonds is 9. The number of hydrogen-bond acceptors (Lipinski definition) is 5. The second-order valence-corrected chi connectivity index (χ2v) is 8.07. The molecule has 0 atom stereocenters. The van der Waals surface area contributed by atoms with E-state index in [-0.39, 0.29) is 5.78 Å². The predicted molar refractivity (Wildman–Crippen MR) is 102 cm³/mol. The number of morpholine rings is 1. The Balaban J connectivity index is 1.92. The molecule has 1 aromatic carbocycles. The zero-order valence-electron chi connectivity index (χ0n) is 15.5. The summed E-state index contributed by atoms with van der Waals surface area (Å²) in [6, 6.07) is 7.77. The fourth-order valence-electron chi connectivity index (χ4n) is 3.01. The molecule has 1 aliphatic rings. The van der Waals surface area contributed by atoms with Crippen LogP contribution in [-0.4, -0.2) is 54.1 Å². The number of hydrogen-bond donors (Lipinski definition) is 0. The van der Waals surface area contributed by atoms with E-state index < -0.39 is 5.54 Å². The molecule has 0 saturated carbocycles. The van der Waals surface area contributed by atoms with Crippen molar-refractivity contribution >= 4 is 23.3 Å². The lowest BCUT2D eigenvalue weighted by Crippen LogP contribution is -2.54. The molecule has 2 rings (SSSR count). The van der Waals surface area contributed by atoms with Crippen molar-refractivity contribution in [3.05, 3.63) is 29.8 Å². The molecule has 1 saturated heterocycles. The summed E-state index contributed by atoms with van der Waals surface area (Å²) in [5, 5.41) is 0. The summed E-state index contributed by atoms with van der Waals surface area (Å²) in [6.07, 6.45) is 2.20. The highest BCUT2D eigenvalue weighted by Gasteiger charge is 2.35. The molecule has 138 valence electrons. The van der Waals surface area contributed by atoms with E-state index in [0.717, 1.165) is 35.7 Å². The van der Waals surface area contributed by atoms with Crippen LogP contribution in [0.4, 0.5) is 0 Å². The Morgan fingerprint density at radius 1 is 1.12 bits per heavy atom. The first-order valence-electron chi connectivity index (χ1n) is 9.07. The van der Waals surface area contributed by atoms with Crippen LogP contribution in [0.3, 0.4) is 0 Å². The van der Waals surface area contributed by atoms with Crippen LogP contribution in [-0.2, 0) is 9.53 Å². The van der Waals surface area contributed by atoms with E-state index in [1.807, 2.05) is 45.0 Å². The molecule has 0 N–H and O–H groups in total. The highest BCUT2D eigenvalue weighted by atomic mass is 32.2. The van der Waals surface area contributed by atoms with Crippen molar-refractivity contribution in [2.75, 3.05) is 32.1 Å². The van der Waals surface area contributed by atoms with Crippen LogP contribution in [0.15, 0.2) is 29.2 Å². The molecule has 0 amide bonds. The van der Waals surface area contributed by atoms with E-state index >= 15 is 0 Å². The first-order chi connectivity index (χ1) is 11.9. The summed E-state index contributed by atoms with van der Waals surface area (Å²) >= 11 is 1.67. The lowest BCUT2D eigenvalue weighted by Gasteiger charge is -2.39. The number of benzene rings is 1. The van der Waals surface area contributed by atoms with Crippen LogP contribution in [0, 0.1) is 0 Å². The Labute approximate surface area is 155 Å². The van der Waals surface area contributed by atoms with Crippen LogP contribution in [0.2, 0.25) is 0 Å². The molecule has 25 heavy (non-hydrogen) atoms. The van der Waals surface area contributed by atoms with Gasteiger partial charge in [0.05, 0.1) is 18.8 Å². The lowest BCUT2D eigenvalue weighted by atomic mass is 9.91. The average Bonchev–Trinajstić information content (AvgIpc) is 2.62. The largest absolute Gasteiger partial charge is 0.379 e. The monoisotopic (exact) mass is 363 g/mol. The van der Waals surface area contributed by atoms with E-state index in [0.29, 0.717) is 31.8 Å². The van der Waals surface area contributed by atoms with Gasteiger partial charge in [0, 0.05) is 42.1 Å². The van der Waals surface area contributed by atoms with Crippen LogP contribution in [0.5, 0.6) is 0 Å². The van der Waals surface area contributed by atoms with Gasteiger partial charge in [0.1, 0.15) is 5.78 Å². The van der Waals surface area contributed by atoms with Gasteiger partial charge < -0.3 is 4.74 Å². The van der Waals surface area contributed by atoms with Crippen molar-refractivity contribution in [2.45, 2.75) is 50.5 Å². The molecule has 1 heterocycles. The normalized spacial score (nSPS) is 16.0. The molecule has 4 nitrogen and oxygen atoms in total. The zero-order chi connectivity index (χ0) is 18.3. The van der Waals surface area contributed by atoms with Gasteiger partial charge in [-0.3, -0.25) is 14.5 Å². The Bertz CT molecular complexity index is 577. The fraction of sp³-hybridized carbons (Fsp3) is 0.600. The van der Waals surface area contributed by atoms with Gasteiger partial charge in [-0.15, -0.1) is 11.8 Å². The van der Waals surface area contributed by atoms with Crippen LogP contribution in [0.25, 0.3) is 0 Å². The van der Waals surface area contributed by atoms with Crippen LogP contribution >= 0.6 is 11.8 Å². The minimum Gasteiger partial charge on any atom is -0.379 e. The maximum atomic E-state index is 12.9. The van der Waals surface area contributed by atoms with E-state index in [9.17, 15) is 9.59 Å². The molecule has 0 aliphatic carbocycles. The van der Waals surface area contributed by atoms with Crippen LogP contribution in [0.1, 0.15) is 50.4 Å². The van der Waals surface area contributed by atoms with Gasteiger partial charge in [0.15, 0.2) is 5.78 Å². The summed E-state index contributed by atoms with van der Waals surface area (Å²) in [5.41, 5.74) is 0.216. The second kappa shape index (κ2) is 9.51. The smallest absolute Gasteiger partial charge is 0.182 e. The molecule has 5 heteroatoms. The lowest BCUT2D eigenvalue weighted by molar-refractivity contribution is -0.118. The summed E-state index contributed by atoms with van der Waals surface area (Å²) in [7, 11) is 0. The van der Waals surface area contributed by atoms with Crippen LogP contribution < -0.4 is 0 Å². The molecule has 0 aromatic heterocycles. The van der Waals surface area contributed by atoms with Crippen molar-refractivity contribution < 1.29 is 14.3 Å². The molecular weight excluding hydrogens is 334 g/mol. The molecule has 1 aromatic rings. The topological polar surface area (TPSA) is 46.6 Å². The van der Waals surface area contributed by atoms with Crippen molar-refractivity contribution in [1.29, 1.82) is 0 Å². The van der Waals surface area contributed by atoms with Crippen molar-refractivity contribution in [3.8, 4) is 0 Å². The van der Waals surface area contributed by atoms with Gasteiger partial charge in [-0.2, -0.15) is 0 Å². The fourth-order valence-corrected chi connectivity index (χ4v) is 3.90. The highest BCUT2D eigenvalue weighted by Crippen LogP contribution is 2.24. The number of carbonyl (C=O) groups excluding carboxylic acids is 2. The number of ketones is 2. The van der Waals surface area contributed by atoms with Gasteiger partial charge in [-0.05, 0) is 32.4 Å². The maximum Gasteiger partial charge on any atom is 0.182 e.